The summed E-state index contributed by atoms with van der Waals surface area (Å²) >= 11 is 0. The fraction of sp³-hybridized carbons (Fsp3) is 0.500. The summed E-state index contributed by atoms with van der Waals surface area (Å²) in [6.07, 6.45) is 2.38. The summed E-state index contributed by atoms with van der Waals surface area (Å²) in [6, 6.07) is 0. The highest BCUT2D eigenvalue weighted by molar-refractivity contribution is 7.53. The fourth-order valence-corrected chi connectivity index (χ4v) is 2.90. The van der Waals surface area contributed by atoms with Gasteiger partial charge in [-0.3, -0.25) is 23.2 Å². The van der Waals surface area contributed by atoms with Crippen LogP contribution in [0.4, 0.5) is 5.82 Å². The van der Waals surface area contributed by atoms with Gasteiger partial charge in [0.25, 0.3) is 0 Å². The standard InChI is InChI=1S/C14H20N5O8P/c1-10(20)24-7-26-28(22,27-8-25-11(2)21)9-23-4-3-19-6-18-12-13(15)16-5-17-14(12)19/h5-6H,3-4,7-9H2,1-2H3,(H2,15,16,17). The highest BCUT2D eigenvalue weighted by Gasteiger charge is 2.26. The Bertz CT molecular complexity index is 849. The molecule has 0 amide bonds. The van der Waals surface area contributed by atoms with Gasteiger partial charge in [-0.15, -0.1) is 0 Å². The van der Waals surface area contributed by atoms with Gasteiger partial charge in [-0.2, -0.15) is 0 Å². The van der Waals surface area contributed by atoms with E-state index in [1.54, 1.807) is 4.57 Å². The summed E-state index contributed by atoms with van der Waals surface area (Å²) in [6.45, 7) is 1.55. The lowest BCUT2D eigenvalue weighted by molar-refractivity contribution is -0.149. The van der Waals surface area contributed by atoms with E-state index in [1.807, 2.05) is 0 Å². The quantitative estimate of drug-likeness (QED) is 0.235. The first-order chi connectivity index (χ1) is 13.3. The maximum absolute atomic E-state index is 12.6. The van der Waals surface area contributed by atoms with Gasteiger partial charge >= 0.3 is 19.5 Å². The Hall–Kier alpha value is -2.60. The lowest BCUT2D eigenvalue weighted by Crippen LogP contribution is -2.13. The topological polar surface area (TPSA) is 167 Å². The minimum Gasteiger partial charge on any atom is -0.438 e. The molecule has 0 bridgehead atoms. The molecule has 0 saturated heterocycles. The number of nitrogens with two attached hydrogens (primary N) is 1. The molecule has 0 unspecified atom stereocenters. The molecule has 0 aliphatic heterocycles. The van der Waals surface area contributed by atoms with Crippen LogP contribution in [0.3, 0.4) is 0 Å². The molecule has 2 aromatic rings. The highest BCUT2D eigenvalue weighted by atomic mass is 31.2. The molecule has 0 saturated carbocycles. The molecular weight excluding hydrogens is 397 g/mol. The lowest BCUT2D eigenvalue weighted by Gasteiger charge is -2.18. The number of rotatable bonds is 11. The summed E-state index contributed by atoms with van der Waals surface area (Å²) < 4.78 is 38.7. The smallest absolute Gasteiger partial charge is 0.361 e. The van der Waals surface area contributed by atoms with Gasteiger partial charge in [0.05, 0.1) is 12.9 Å². The molecule has 2 N–H and O–H groups in total. The van der Waals surface area contributed by atoms with Crippen LogP contribution in [-0.4, -0.2) is 58.0 Å². The molecule has 2 aromatic heterocycles. The molecule has 14 heteroatoms. The zero-order valence-corrected chi connectivity index (χ0v) is 16.2. The Morgan fingerprint density at radius 1 is 1.11 bits per heavy atom. The minimum absolute atomic E-state index is 0.104. The van der Waals surface area contributed by atoms with Gasteiger partial charge in [0, 0.05) is 20.4 Å². The van der Waals surface area contributed by atoms with Crippen molar-refractivity contribution in [2.24, 2.45) is 0 Å². The summed E-state index contributed by atoms with van der Waals surface area (Å²) in [5.41, 5.74) is 6.70. The van der Waals surface area contributed by atoms with Crippen molar-refractivity contribution in [2.75, 3.05) is 32.3 Å². The Morgan fingerprint density at radius 3 is 2.36 bits per heavy atom. The summed E-state index contributed by atoms with van der Waals surface area (Å²) in [5, 5.41) is 0. The molecule has 0 atom stereocenters. The van der Waals surface area contributed by atoms with E-state index >= 15 is 0 Å². The minimum atomic E-state index is -3.84. The van der Waals surface area contributed by atoms with E-state index in [9.17, 15) is 14.2 Å². The maximum Gasteiger partial charge on any atom is 0.361 e. The van der Waals surface area contributed by atoms with E-state index in [-0.39, 0.29) is 12.4 Å². The fourth-order valence-electron chi connectivity index (χ4n) is 1.89. The van der Waals surface area contributed by atoms with Crippen LogP contribution in [0.25, 0.3) is 11.2 Å². The lowest BCUT2D eigenvalue weighted by atomic mass is 10.5. The van der Waals surface area contributed by atoms with E-state index in [0.717, 1.165) is 13.8 Å². The Balaban J connectivity index is 1.88. The number of hydrogen-bond acceptors (Lipinski definition) is 12. The van der Waals surface area contributed by atoms with Gasteiger partial charge in [0.15, 0.2) is 11.5 Å². The van der Waals surface area contributed by atoms with E-state index in [4.69, 9.17) is 19.5 Å². The average molecular weight is 417 g/mol. The van der Waals surface area contributed by atoms with Crippen LogP contribution in [-0.2, 0) is 44.0 Å². The first kappa shape index (κ1) is 21.7. The van der Waals surface area contributed by atoms with Crippen molar-refractivity contribution in [3.63, 3.8) is 0 Å². The molecule has 13 nitrogen and oxygen atoms in total. The van der Waals surface area contributed by atoms with E-state index in [2.05, 4.69) is 24.4 Å². The molecule has 2 heterocycles. The van der Waals surface area contributed by atoms with E-state index < -0.39 is 39.5 Å². The maximum atomic E-state index is 12.6. The van der Waals surface area contributed by atoms with Crippen molar-refractivity contribution in [1.29, 1.82) is 0 Å². The van der Waals surface area contributed by atoms with E-state index in [0.29, 0.717) is 17.7 Å². The average Bonchev–Trinajstić information content (AvgIpc) is 3.03. The number of fused-ring (bicyclic) bond motifs is 1. The summed E-state index contributed by atoms with van der Waals surface area (Å²) in [7, 11) is -3.84. The largest absolute Gasteiger partial charge is 0.438 e. The van der Waals surface area contributed by atoms with Crippen molar-refractivity contribution >= 4 is 36.5 Å². The van der Waals surface area contributed by atoms with Gasteiger partial charge in [-0.05, 0) is 0 Å². The van der Waals surface area contributed by atoms with Crippen molar-refractivity contribution in [2.45, 2.75) is 20.4 Å². The Kier molecular flexibility index (Phi) is 7.81. The zero-order valence-electron chi connectivity index (χ0n) is 15.3. The van der Waals surface area contributed by atoms with Crippen molar-refractivity contribution < 1.29 is 37.4 Å². The predicted molar refractivity (Wildman–Crippen MR) is 93.6 cm³/mol. The Morgan fingerprint density at radius 2 is 1.75 bits per heavy atom. The second-order valence-corrected chi connectivity index (χ2v) is 7.28. The van der Waals surface area contributed by atoms with Crippen LogP contribution in [0.15, 0.2) is 12.7 Å². The second kappa shape index (κ2) is 10.1. The molecule has 0 radical (unpaired) electrons. The van der Waals surface area contributed by atoms with Gasteiger partial charge in [-0.1, -0.05) is 0 Å². The monoisotopic (exact) mass is 417 g/mol. The zero-order chi connectivity index (χ0) is 20.6. The van der Waals surface area contributed by atoms with Crippen molar-refractivity contribution in [3.05, 3.63) is 12.7 Å². The van der Waals surface area contributed by atoms with Gasteiger partial charge < -0.3 is 24.5 Å². The third-order valence-corrected chi connectivity index (χ3v) is 4.68. The first-order valence-electron chi connectivity index (χ1n) is 7.94. The van der Waals surface area contributed by atoms with Crippen LogP contribution in [0.5, 0.6) is 0 Å². The third-order valence-electron chi connectivity index (χ3n) is 3.18. The summed E-state index contributed by atoms with van der Waals surface area (Å²) in [5.74, 6) is -0.992. The number of ether oxygens (including phenoxy) is 3. The van der Waals surface area contributed by atoms with Crippen LogP contribution in [0.2, 0.25) is 0 Å². The van der Waals surface area contributed by atoms with Crippen LogP contribution in [0.1, 0.15) is 13.8 Å². The molecule has 0 aliphatic rings. The van der Waals surface area contributed by atoms with Crippen molar-refractivity contribution in [1.82, 2.24) is 19.5 Å². The van der Waals surface area contributed by atoms with Crippen LogP contribution in [0, 0.1) is 0 Å². The number of anilines is 1. The SMILES string of the molecule is CC(=O)OCOP(=O)(COCCn1cnc2c(N)ncnc21)OCOC(C)=O. The molecule has 154 valence electrons. The van der Waals surface area contributed by atoms with Crippen molar-refractivity contribution in [3.8, 4) is 0 Å². The van der Waals surface area contributed by atoms with Gasteiger partial charge in [0.1, 0.15) is 18.2 Å². The molecule has 0 aliphatic carbocycles. The number of carbonyl (C=O) groups is 2. The number of nitrogen functional groups attached to an aromatic ring is 1. The number of carbonyl (C=O) groups excluding carboxylic acids is 2. The second-order valence-electron chi connectivity index (χ2n) is 5.28. The van der Waals surface area contributed by atoms with E-state index in [1.165, 1.54) is 12.7 Å². The number of nitrogens with zero attached hydrogens (tertiary/aromatic N) is 4. The predicted octanol–water partition coefficient (Wildman–Crippen LogP) is 0.650. The molecule has 0 aromatic carbocycles. The first-order valence-corrected chi connectivity index (χ1v) is 9.67. The molecule has 28 heavy (non-hydrogen) atoms. The summed E-state index contributed by atoms with van der Waals surface area (Å²) in [4.78, 5) is 33.7. The Labute approximate surface area is 159 Å². The molecular formula is C14H20N5O8P. The number of esters is 2. The number of hydrogen-bond donors (Lipinski definition) is 1. The van der Waals surface area contributed by atoms with Crippen LogP contribution < -0.4 is 5.73 Å². The molecule has 0 fully saturated rings. The van der Waals surface area contributed by atoms with Crippen LogP contribution >= 0.6 is 7.60 Å². The van der Waals surface area contributed by atoms with Gasteiger partial charge in [0.2, 0.25) is 13.6 Å². The highest BCUT2D eigenvalue weighted by Crippen LogP contribution is 2.48. The number of imidazole rings is 1. The number of aromatic nitrogens is 4. The van der Waals surface area contributed by atoms with Gasteiger partial charge in [-0.25, -0.2) is 15.0 Å². The molecule has 2 rings (SSSR count). The molecule has 0 spiro atoms. The third kappa shape index (κ3) is 6.53. The normalized spacial score (nSPS) is 11.5.